The molecule has 2 rings (SSSR count). The molecule has 0 aliphatic carbocycles. The predicted molar refractivity (Wildman–Crippen MR) is 102 cm³/mol. The summed E-state index contributed by atoms with van der Waals surface area (Å²) >= 11 is 0. The Labute approximate surface area is 159 Å². The molecule has 1 heterocycles. The van der Waals surface area contributed by atoms with Crippen molar-refractivity contribution >= 4 is 29.3 Å². The number of hydrogen-bond acceptors (Lipinski definition) is 5. The number of anilines is 2. The van der Waals surface area contributed by atoms with Gasteiger partial charge >= 0.3 is 12.1 Å². The van der Waals surface area contributed by atoms with E-state index in [9.17, 15) is 19.5 Å². The largest absolute Gasteiger partial charge is 0.478 e. The number of hydrogen-bond donors (Lipinski definition) is 2. The van der Waals surface area contributed by atoms with Gasteiger partial charge in [-0.3, -0.25) is 4.79 Å². The van der Waals surface area contributed by atoms with Gasteiger partial charge in [-0.15, -0.1) is 0 Å². The van der Waals surface area contributed by atoms with E-state index in [-0.39, 0.29) is 17.6 Å². The van der Waals surface area contributed by atoms with Gasteiger partial charge in [0.2, 0.25) is 5.91 Å². The summed E-state index contributed by atoms with van der Waals surface area (Å²) in [6.07, 6.45) is 1.78. The van der Waals surface area contributed by atoms with Crippen molar-refractivity contribution in [2.75, 3.05) is 43.0 Å². The summed E-state index contributed by atoms with van der Waals surface area (Å²) in [6.45, 7) is 6.05. The third kappa shape index (κ3) is 5.60. The van der Waals surface area contributed by atoms with Crippen molar-refractivity contribution in [3.8, 4) is 0 Å². The number of carboxylic acids is 1. The van der Waals surface area contributed by atoms with Gasteiger partial charge in [0.15, 0.2) is 0 Å². The molecule has 2 N–H and O–H groups in total. The average molecular weight is 377 g/mol. The lowest BCUT2D eigenvalue weighted by molar-refractivity contribution is -0.116. The molecule has 0 spiro atoms. The standard InChI is InChI=1S/C19H27N3O5/c1-3-5-6-17(23)20-14-7-8-16(15(13-14)18(24)25)21-9-11-22(12-10-21)19(26)27-4-2/h7-8,13H,3-6,9-12H2,1-2H3,(H,20,23)(H,24,25). The maximum Gasteiger partial charge on any atom is 0.409 e. The molecule has 0 radical (unpaired) electrons. The molecule has 2 amide bonds. The number of piperazine rings is 1. The lowest BCUT2D eigenvalue weighted by atomic mass is 10.1. The van der Waals surface area contributed by atoms with Crippen LogP contribution in [0.4, 0.5) is 16.2 Å². The number of ether oxygens (including phenoxy) is 1. The summed E-state index contributed by atoms with van der Waals surface area (Å²) in [6, 6.07) is 4.90. The number of nitrogens with one attached hydrogen (secondary N) is 1. The highest BCUT2D eigenvalue weighted by molar-refractivity contribution is 5.98. The summed E-state index contributed by atoms with van der Waals surface area (Å²) in [7, 11) is 0. The van der Waals surface area contributed by atoms with Crippen LogP contribution in [0.1, 0.15) is 43.5 Å². The molecule has 1 aromatic rings. The van der Waals surface area contributed by atoms with E-state index in [4.69, 9.17) is 4.74 Å². The summed E-state index contributed by atoms with van der Waals surface area (Å²) in [5, 5.41) is 12.3. The number of aromatic carboxylic acids is 1. The van der Waals surface area contributed by atoms with Crippen LogP contribution in [0.3, 0.4) is 0 Å². The highest BCUT2D eigenvalue weighted by Crippen LogP contribution is 2.26. The van der Waals surface area contributed by atoms with Crippen molar-refractivity contribution in [3.05, 3.63) is 23.8 Å². The smallest absolute Gasteiger partial charge is 0.409 e. The Hall–Kier alpha value is -2.77. The third-order valence-corrected chi connectivity index (χ3v) is 4.41. The number of benzene rings is 1. The Kier molecular flexibility index (Phi) is 7.45. The highest BCUT2D eigenvalue weighted by atomic mass is 16.6. The van der Waals surface area contributed by atoms with Crippen LogP contribution in [-0.2, 0) is 9.53 Å². The van der Waals surface area contributed by atoms with Crippen LogP contribution in [0, 0.1) is 0 Å². The first-order chi connectivity index (χ1) is 13.0. The van der Waals surface area contributed by atoms with Gasteiger partial charge in [-0.2, -0.15) is 0 Å². The normalized spacial score (nSPS) is 14.0. The number of carbonyl (C=O) groups is 3. The van der Waals surface area contributed by atoms with Crippen LogP contribution < -0.4 is 10.2 Å². The zero-order valence-corrected chi connectivity index (χ0v) is 15.9. The molecule has 1 fully saturated rings. The molecule has 0 saturated carbocycles. The predicted octanol–water partition coefficient (Wildman–Crippen LogP) is 2.79. The van der Waals surface area contributed by atoms with Gasteiger partial charge in [0.05, 0.1) is 17.9 Å². The van der Waals surface area contributed by atoms with E-state index < -0.39 is 5.97 Å². The number of carboxylic acid groups (broad SMARTS) is 1. The van der Waals surface area contributed by atoms with E-state index in [2.05, 4.69) is 5.32 Å². The number of amides is 2. The van der Waals surface area contributed by atoms with Gasteiger partial charge in [0.1, 0.15) is 0 Å². The molecule has 0 bridgehead atoms. The van der Waals surface area contributed by atoms with Gasteiger partial charge < -0.3 is 25.0 Å². The van der Waals surface area contributed by atoms with Crippen molar-refractivity contribution in [3.63, 3.8) is 0 Å². The summed E-state index contributed by atoms with van der Waals surface area (Å²) in [4.78, 5) is 38.9. The fourth-order valence-electron chi connectivity index (χ4n) is 2.97. The maximum absolute atomic E-state index is 11.9. The van der Waals surface area contributed by atoms with Crippen LogP contribution in [0.5, 0.6) is 0 Å². The van der Waals surface area contributed by atoms with E-state index in [0.29, 0.717) is 50.6 Å². The Morgan fingerprint density at radius 2 is 1.85 bits per heavy atom. The Bertz CT molecular complexity index is 684. The molecule has 8 nitrogen and oxygen atoms in total. The maximum atomic E-state index is 11.9. The second kappa shape index (κ2) is 9.80. The first kappa shape index (κ1) is 20.5. The van der Waals surface area contributed by atoms with E-state index in [1.165, 1.54) is 6.07 Å². The lowest BCUT2D eigenvalue weighted by Crippen LogP contribution is -2.49. The van der Waals surface area contributed by atoms with Gasteiger partial charge in [-0.05, 0) is 31.5 Å². The lowest BCUT2D eigenvalue weighted by Gasteiger charge is -2.36. The molecule has 8 heteroatoms. The summed E-state index contributed by atoms with van der Waals surface area (Å²) in [5.74, 6) is -1.17. The minimum absolute atomic E-state index is 0.121. The molecule has 1 saturated heterocycles. The van der Waals surface area contributed by atoms with Gasteiger partial charge in [0.25, 0.3) is 0 Å². The van der Waals surface area contributed by atoms with Crippen LogP contribution in [-0.4, -0.2) is 60.8 Å². The van der Waals surface area contributed by atoms with Crippen LogP contribution in [0.15, 0.2) is 18.2 Å². The molecule has 1 aliphatic rings. The van der Waals surface area contributed by atoms with Crippen LogP contribution in [0.25, 0.3) is 0 Å². The fraction of sp³-hybridized carbons (Fsp3) is 0.526. The number of nitrogens with zero attached hydrogens (tertiary/aromatic N) is 2. The average Bonchev–Trinajstić information content (AvgIpc) is 2.66. The summed E-state index contributed by atoms with van der Waals surface area (Å²) in [5.41, 5.74) is 1.19. The minimum atomic E-state index is -1.05. The monoisotopic (exact) mass is 377 g/mol. The first-order valence-electron chi connectivity index (χ1n) is 9.30. The van der Waals surface area contributed by atoms with Crippen LogP contribution in [0.2, 0.25) is 0 Å². The second-order valence-corrected chi connectivity index (χ2v) is 6.36. The van der Waals surface area contributed by atoms with E-state index in [0.717, 1.165) is 12.8 Å². The number of carbonyl (C=O) groups excluding carboxylic acids is 2. The zero-order chi connectivity index (χ0) is 19.8. The van der Waals surface area contributed by atoms with E-state index >= 15 is 0 Å². The third-order valence-electron chi connectivity index (χ3n) is 4.41. The molecule has 27 heavy (non-hydrogen) atoms. The van der Waals surface area contributed by atoms with E-state index in [1.807, 2.05) is 11.8 Å². The molecule has 1 aromatic carbocycles. The first-order valence-corrected chi connectivity index (χ1v) is 9.30. The molecule has 1 aliphatic heterocycles. The summed E-state index contributed by atoms with van der Waals surface area (Å²) < 4.78 is 5.00. The van der Waals surface area contributed by atoms with Crippen LogP contribution >= 0.6 is 0 Å². The quantitative estimate of drug-likeness (QED) is 0.758. The molecular formula is C19H27N3O5. The van der Waals surface area contributed by atoms with Crippen molar-refractivity contribution in [2.24, 2.45) is 0 Å². The molecule has 0 unspecified atom stereocenters. The highest BCUT2D eigenvalue weighted by Gasteiger charge is 2.25. The van der Waals surface area contributed by atoms with Gasteiger partial charge in [0, 0.05) is 38.3 Å². The van der Waals surface area contributed by atoms with Gasteiger partial charge in [-0.1, -0.05) is 13.3 Å². The van der Waals surface area contributed by atoms with Crippen molar-refractivity contribution in [1.82, 2.24) is 4.90 Å². The number of rotatable bonds is 7. The van der Waals surface area contributed by atoms with Crippen molar-refractivity contribution in [2.45, 2.75) is 33.1 Å². The van der Waals surface area contributed by atoms with E-state index in [1.54, 1.807) is 24.0 Å². The topological polar surface area (TPSA) is 99.2 Å². The molecular weight excluding hydrogens is 350 g/mol. The molecule has 148 valence electrons. The zero-order valence-electron chi connectivity index (χ0n) is 15.9. The number of unbranched alkanes of at least 4 members (excludes halogenated alkanes) is 1. The fourth-order valence-corrected chi connectivity index (χ4v) is 2.97. The molecule has 0 aromatic heterocycles. The SMILES string of the molecule is CCCCC(=O)Nc1ccc(N2CCN(C(=O)OCC)CC2)c(C(=O)O)c1. The Balaban J connectivity index is 2.08. The second-order valence-electron chi connectivity index (χ2n) is 6.36. The van der Waals surface area contributed by atoms with Crippen molar-refractivity contribution < 1.29 is 24.2 Å². The Morgan fingerprint density at radius 1 is 1.15 bits per heavy atom. The van der Waals surface area contributed by atoms with Crippen molar-refractivity contribution in [1.29, 1.82) is 0 Å². The molecule has 0 atom stereocenters. The Morgan fingerprint density at radius 3 is 2.44 bits per heavy atom. The van der Waals surface area contributed by atoms with Gasteiger partial charge in [-0.25, -0.2) is 9.59 Å². The minimum Gasteiger partial charge on any atom is -0.478 e.